The van der Waals surface area contributed by atoms with Crippen molar-refractivity contribution in [2.24, 2.45) is 0 Å². The molecule has 1 fully saturated rings. The average molecular weight is 232 g/mol. The first-order chi connectivity index (χ1) is 8.03. The zero-order valence-corrected chi connectivity index (χ0v) is 10.6. The highest BCUT2D eigenvalue weighted by atomic mass is 16.4. The van der Waals surface area contributed by atoms with E-state index in [2.05, 4.69) is 32.0 Å². The standard InChI is InChI=1S/C15H20O2/c1-11-5-6-13(12(2)9-11)15(10-14(16)17)7-3-4-8-15/h5-6,9H,3-4,7-8,10H2,1-2H3,(H,16,17). The second-order valence-corrected chi connectivity index (χ2v) is 5.38. The van der Waals surface area contributed by atoms with Crippen molar-refractivity contribution in [3.63, 3.8) is 0 Å². The largest absolute Gasteiger partial charge is 0.481 e. The Hall–Kier alpha value is -1.31. The molecule has 1 aromatic carbocycles. The van der Waals surface area contributed by atoms with Crippen molar-refractivity contribution in [3.8, 4) is 0 Å². The molecule has 1 saturated carbocycles. The minimum Gasteiger partial charge on any atom is -0.481 e. The molecule has 0 atom stereocenters. The number of carbonyl (C=O) groups is 1. The van der Waals surface area contributed by atoms with Crippen LogP contribution >= 0.6 is 0 Å². The number of rotatable bonds is 3. The third kappa shape index (κ3) is 2.36. The van der Waals surface area contributed by atoms with Gasteiger partial charge < -0.3 is 5.11 Å². The summed E-state index contributed by atoms with van der Waals surface area (Å²) < 4.78 is 0. The maximum atomic E-state index is 11.1. The zero-order chi connectivity index (χ0) is 12.5. The summed E-state index contributed by atoms with van der Waals surface area (Å²) in [4.78, 5) is 11.1. The molecular formula is C15H20O2. The predicted octanol–water partition coefficient (Wildman–Crippen LogP) is 3.59. The Balaban J connectivity index is 2.42. The van der Waals surface area contributed by atoms with Crippen LogP contribution in [0.3, 0.4) is 0 Å². The highest BCUT2D eigenvalue weighted by Crippen LogP contribution is 2.45. The maximum Gasteiger partial charge on any atom is 0.304 e. The van der Waals surface area contributed by atoms with Crippen LogP contribution in [0.5, 0.6) is 0 Å². The lowest BCUT2D eigenvalue weighted by molar-refractivity contribution is -0.138. The molecule has 0 aromatic heterocycles. The molecule has 17 heavy (non-hydrogen) atoms. The summed E-state index contributed by atoms with van der Waals surface area (Å²) >= 11 is 0. The maximum absolute atomic E-state index is 11.1. The SMILES string of the molecule is Cc1ccc(C2(CC(=O)O)CCCC2)c(C)c1. The Morgan fingerprint density at radius 3 is 2.47 bits per heavy atom. The monoisotopic (exact) mass is 232 g/mol. The smallest absolute Gasteiger partial charge is 0.304 e. The van der Waals surface area contributed by atoms with Gasteiger partial charge in [-0.1, -0.05) is 36.6 Å². The normalized spacial score (nSPS) is 18.2. The van der Waals surface area contributed by atoms with Gasteiger partial charge in [0.2, 0.25) is 0 Å². The summed E-state index contributed by atoms with van der Waals surface area (Å²) in [6, 6.07) is 6.40. The number of hydrogen-bond acceptors (Lipinski definition) is 1. The summed E-state index contributed by atoms with van der Waals surface area (Å²) in [6.07, 6.45) is 4.62. The van der Waals surface area contributed by atoms with Gasteiger partial charge in [-0.2, -0.15) is 0 Å². The highest BCUT2D eigenvalue weighted by Gasteiger charge is 2.38. The second-order valence-electron chi connectivity index (χ2n) is 5.38. The lowest BCUT2D eigenvalue weighted by Gasteiger charge is -2.29. The summed E-state index contributed by atoms with van der Waals surface area (Å²) in [6.45, 7) is 4.18. The molecule has 0 aliphatic heterocycles. The lowest BCUT2D eigenvalue weighted by atomic mass is 9.74. The van der Waals surface area contributed by atoms with Gasteiger partial charge in [-0.15, -0.1) is 0 Å². The zero-order valence-electron chi connectivity index (χ0n) is 10.6. The number of aryl methyl sites for hydroxylation is 2. The lowest BCUT2D eigenvalue weighted by Crippen LogP contribution is -2.26. The van der Waals surface area contributed by atoms with Gasteiger partial charge in [-0.05, 0) is 37.8 Å². The van der Waals surface area contributed by atoms with E-state index in [4.69, 9.17) is 5.11 Å². The van der Waals surface area contributed by atoms with Crippen LogP contribution in [0.1, 0.15) is 48.8 Å². The van der Waals surface area contributed by atoms with E-state index in [1.54, 1.807) is 0 Å². The molecule has 2 rings (SSSR count). The molecule has 0 bridgehead atoms. The molecule has 1 aliphatic carbocycles. The first kappa shape index (κ1) is 12.2. The molecule has 0 saturated heterocycles. The van der Waals surface area contributed by atoms with Crippen molar-refractivity contribution in [1.82, 2.24) is 0 Å². The number of aliphatic carboxylic acids is 1. The van der Waals surface area contributed by atoms with Gasteiger partial charge in [0.05, 0.1) is 6.42 Å². The Bertz CT molecular complexity index is 429. The van der Waals surface area contributed by atoms with Crippen LogP contribution in [0, 0.1) is 13.8 Å². The molecule has 0 spiro atoms. The van der Waals surface area contributed by atoms with Gasteiger partial charge in [0.1, 0.15) is 0 Å². The van der Waals surface area contributed by atoms with Gasteiger partial charge in [0, 0.05) is 5.41 Å². The van der Waals surface area contributed by atoms with Gasteiger partial charge >= 0.3 is 5.97 Å². The van der Waals surface area contributed by atoms with E-state index in [1.165, 1.54) is 16.7 Å². The molecular weight excluding hydrogens is 212 g/mol. The fourth-order valence-electron chi connectivity index (χ4n) is 3.29. The van der Waals surface area contributed by atoms with Crippen molar-refractivity contribution < 1.29 is 9.90 Å². The van der Waals surface area contributed by atoms with E-state index >= 15 is 0 Å². The quantitative estimate of drug-likeness (QED) is 0.864. The summed E-state index contributed by atoms with van der Waals surface area (Å²) in [5.41, 5.74) is 3.63. The van der Waals surface area contributed by atoms with Crippen molar-refractivity contribution in [2.75, 3.05) is 0 Å². The third-order valence-corrected chi connectivity index (χ3v) is 4.00. The molecule has 92 valence electrons. The van der Waals surface area contributed by atoms with Gasteiger partial charge in [-0.3, -0.25) is 4.79 Å². The predicted molar refractivity (Wildman–Crippen MR) is 68.3 cm³/mol. The molecule has 0 heterocycles. The average Bonchev–Trinajstić information content (AvgIpc) is 2.65. The fourth-order valence-corrected chi connectivity index (χ4v) is 3.29. The van der Waals surface area contributed by atoms with Crippen molar-refractivity contribution in [1.29, 1.82) is 0 Å². The molecule has 1 aromatic rings. The Kier molecular flexibility index (Phi) is 3.23. The van der Waals surface area contributed by atoms with Gasteiger partial charge in [0.25, 0.3) is 0 Å². The summed E-state index contributed by atoms with van der Waals surface area (Å²) in [5, 5.41) is 9.15. The topological polar surface area (TPSA) is 37.3 Å². The molecule has 0 amide bonds. The molecule has 0 radical (unpaired) electrons. The first-order valence-corrected chi connectivity index (χ1v) is 6.33. The number of hydrogen-bond donors (Lipinski definition) is 1. The Labute approximate surface area is 103 Å². The van der Waals surface area contributed by atoms with Crippen LogP contribution in [0.4, 0.5) is 0 Å². The number of carboxylic acid groups (broad SMARTS) is 1. The molecule has 1 aliphatic rings. The van der Waals surface area contributed by atoms with Crippen LogP contribution in [-0.2, 0) is 10.2 Å². The van der Waals surface area contributed by atoms with Gasteiger partial charge in [-0.25, -0.2) is 0 Å². The van der Waals surface area contributed by atoms with E-state index < -0.39 is 5.97 Å². The fraction of sp³-hybridized carbons (Fsp3) is 0.533. The summed E-state index contributed by atoms with van der Waals surface area (Å²) in [5.74, 6) is -0.674. The number of carboxylic acids is 1. The molecule has 2 nitrogen and oxygen atoms in total. The van der Waals surface area contributed by atoms with Crippen LogP contribution in [0.2, 0.25) is 0 Å². The van der Waals surface area contributed by atoms with Crippen LogP contribution in [-0.4, -0.2) is 11.1 Å². The van der Waals surface area contributed by atoms with E-state index in [9.17, 15) is 4.79 Å². The van der Waals surface area contributed by atoms with Crippen LogP contribution < -0.4 is 0 Å². The van der Waals surface area contributed by atoms with Crippen molar-refractivity contribution >= 4 is 5.97 Å². The Morgan fingerprint density at radius 1 is 1.29 bits per heavy atom. The van der Waals surface area contributed by atoms with Gasteiger partial charge in [0.15, 0.2) is 0 Å². The molecule has 2 heteroatoms. The molecule has 1 N–H and O–H groups in total. The van der Waals surface area contributed by atoms with E-state index in [0.717, 1.165) is 25.7 Å². The minimum atomic E-state index is -0.674. The van der Waals surface area contributed by atoms with E-state index in [0.29, 0.717) is 0 Å². The third-order valence-electron chi connectivity index (χ3n) is 4.00. The van der Waals surface area contributed by atoms with Crippen molar-refractivity contribution in [2.45, 2.75) is 51.4 Å². The first-order valence-electron chi connectivity index (χ1n) is 6.33. The molecule has 0 unspecified atom stereocenters. The van der Waals surface area contributed by atoms with Crippen molar-refractivity contribution in [3.05, 3.63) is 34.9 Å². The van der Waals surface area contributed by atoms with E-state index in [-0.39, 0.29) is 11.8 Å². The highest BCUT2D eigenvalue weighted by molar-refractivity contribution is 5.69. The minimum absolute atomic E-state index is 0.108. The summed E-state index contributed by atoms with van der Waals surface area (Å²) in [7, 11) is 0. The number of benzene rings is 1. The van der Waals surface area contributed by atoms with Crippen LogP contribution in [0.25, 0.3) is 0 Å². The Morgan fingerprint density at radius 2 is 1.94 bits per heavy atom. The second kappa shape index (κ2) is 4.52. The van der Waals surface area contributed by atoms with E-state index in [1.807, 2.05) is 0 Å². The van der Waals surface area contributed by atoms with Crippen LogP contribution in [0.15, 0.2) is 18.2 Å².